The minimum absolute atomic E-state index is 0.0287. The molecule has 0 saturated carbocycles. The van der Waals surface area contributed by atoms with Gasteiger partial charge >= 0.3 is 5.97 Å². The number of rotatable bonds is 5. The third kappa shape index (κ3) is 4.07. The van der Waals surface area contributed by atoms with Crippen molar-refractivity contribution in [1.29, 1.82) is 0 Å². The van der Waals surface area contributed by atoms with E-state index in [1.165, 1.54) is 18.2 Å². The average molecular weight is 408 g/mol. The number of furan rings is 1. The topological polar surface area (TPSA) is 106 Å². The number of esters is 1. The van der Waals surface area contributed by atoms with Crippen LogP contribution in [0.25, 0.3) is 11.3 Å². The Morgan fingerprint density at radius 1 is 1.15 bits per heavy atom. The van der Waals surface area contributed by atoms with Crippen molar-refractivity contribution in [3.63, 3.8) is 0 Å². The molecule has 3 aromatic rings. The molecule has 2 N–H and O–H groups in total. The number of ether oxygens (including phenoxy) is 1. The molecule has 7 nitrogen and oxygen atoms in total. The predicted molar refractivity (Wildman–Crippen MR) is 99.4 cm³/mol. The Morgan fingerprint density at radius 2 is 1.85 bits per heavy atom. The molecule has 0 radical (unpaired) electrons. The number of carbonyl (C=O) groups excluding carboxylic acids is 1. The van der Waals surface area contributed by atoms with E-state index in [0.29, 0.717) is 10.6 Å². The van der Waals surface area contributed by atoms with Crippen molar-refractivity contribution < 1.29 is 27.5 Å². The van der Waals surface area contributed by atoms with E-state index < -0.39 is 33.4 Å². The lowest BCUT2D eigenvalue weighted by Crippen LogP contribution is -2.13. The maximum atomic E-state index is 12.5. The van der Waals surface area contributed by atoms with E-state index in [1.54, 1.807) is 36.4 Å². The van der Waals surface area contributed by atoms with Crippen molar-refractivity contribution >= 4 is 33.5 Å². The summed E-state index contributed by atoms with van der Waals surface area (Å²) < 4.78 is 37.7. The minimum atomic E-state index is -4.04. The Bertz CT molecular complexity index is 1090. The zero-order chi connectivity index (χ0) is 19.6. The van der Waals surface area contributed by atoms with Crippen LogP contribution < -0.4 is 9.46 Å². The molecule has 0 aliphatic carbocycles. The standard InChI is InChI=1S/C18H14ClNO6S/c1-11(21)25-17-15(22)16(12-6-5-7-13(19)10-12)26-18(17)20-27(23,24)14-8-3-2-4-9-14/h2-10,20,22H,1H3. The Labute approximate surface area is 160 Å². The highest BCUT2D eigenvalue weighted by atomic mass is 35.5. The number of nitrogens with one attached hydrogen (secondary N) is 1. The number of anilines is 1. The van der Waals surface area contributed by atoms with E-state index >= 15 is 0 Å². The summed E-state index contributed by atoms with van der Waals surface area (Å²) >= 11 is 5.94. The monoisotopic (exact) mass is 407 g/mol. The maximum Gasteiger partial charge on any atom is 0.308 e. The van der Waals surface area contributed by atoms with Gasteiger partial charge in [-0.1, -0.05) is 41.9 Å². The summed E-state index contributed by atoms with van der Waals surface area (Å²) in [7, 11) is -4.04. The Morgan fingerprint density at radius 3 is 2.48 bits per heavy atom. The third-order valence-electron chi connectivity index (χ3n) is 3.45. The van der Waals surface area contributed by atoms with Gasteiger partial charge in [0.05, 0.1) is 4.90 Å². The Balaban J connectivity index is 2.09. The molecule has 0 bridgehead atoms. The van der Waals surface area contributed by atoms with Crippen LogP contribution >= 0.6 is 11.6 Å². The number of hydrogen-bond acceptors (Lipinski definition) is 6. The van der Waals surface area contributed by atoms with Gasteiger partial charge in [0, 0.05) is 17.5 Å². The molecule has 0 fully saturated rings. The van der Waals surface area contributed by atoms with Crippen LogP contribution in [0.1, 0.15) is 6.92 Å². The van der Waals surface area contributed by atoms with Crippen LogP contribution in [0.2, 0.25) is 5.02 Å². The number of sulfonamides is 1. The second-order valence-electron chi connectivity index (χ2n) is 5.46. The molecule has 0 atom stereocenters. The molecule has 1 aromatic heterocycles. The van der Waals surface area contributed by atoms with Crippen molar-refractivity contribution in [2.24, 2.45) is 0 Å². The molecular formula is C18H14ClNO6S. The van der Waals surface area contributed by atoms with Crippen LogP contribution in [0.5, 0.6) is 11.5 Å². The summed E-state index contributed by atoms with van der Waals surface area (Å²) in [5.41, 5.74) is 0.374. The smallest absolute Gasteiger partial charge is 0.308 e. The summed E-state index contributed by atoms with van der Waals surface area (Å²) in [5, 5.41) is 10.8. The van der Waals surface area contributed by atoms with Crippen molar-refractivity contribution in [2.45, 2.75) is 11.8 Å². The van der Waals surface area contributed by atoms with Gasteiger partial charge in [-0.15, -0.1) is 0 Å². The van der Waals surface area contributed by atoms with Gasteiger partial charge in [0.1, 0.15) is 0 Å². The number of aromatic hydroxyl groups is 1. The van der Waals surface area contributed by atoms with Crippen LogP contribution in [0.15, 0.2) is 63.9 Å². The van der Waals surface area contributed by atoms with Crippen molar-refractivity contribution in [3.8, 4) is 22.8 Å². The normalized spacial score (nSPS) is 11.2. The van der Waals surface area contributed by atoms with E-state index in [1.807, 2.05) is 0 Å². The van der Waals surface area contributed by atoms with Gasteiger partial charge in [-0.25, -0.2) is 13.1 Å². The molecular weight excluding hydrogens is 394 g/mol. The van der Waals surface area contributed by atoms with E-state index in [-0.39, 0.29) is 10.7 Å². The van der Waals surface area contributed by atoms with Gasteiger partial charge in [-0.05, 0) is 24.3 Å². The predicted octanol–water partition coefficient (Wildman–Crippen LogP) is 4.03. The highest BCUT2D eigenvalue weighted by Crippen LogP contribution is 2.47. The van der Waals surface area contributed by atoms with Gasteiger partial charge in [-0.3, -0.25) is 4.79 Å². The molecule has 3 rings (SSSR count). The zero-order valence-corrected chi connectivity index (χ0v) is 15.5. The molecule has 9 heteroatoms. The quantitative estimate of drug-likeness (QED) is 0.618. The number of halogens is 1. The van der Waals surface area contributed by atoms with Gasteiger partial charge < -0.3 is 14.3 Å². The molecule has 0 aliphatic rings. The first-order valence-corrected chi connectivity index (χ1v) is 9.52. The first kappa shape index (κ1) is 18.8. The first-order valence-electron chi connectivity index (χ1n) is 7.66. The Hall–Kier alpha value is -2.97. The van der Waals surface area contributed by atoms with Gasteiger partial charge in [0.25, 0.3) is 15.9 Å². The maximum absolute atomic E-state index is 12.5. The molecule has 0 unspecified atom stereocenters. The van der Waals surface area contributed by atoms with Crippen LogP contribution in [-0.2, 0) is 14.8 Å². The second kappa shape index (κ2) is 7.34. The van der Waals surface area contributed by atoms with Crippen LogP contribution in [-0.4, -0.2) is 19.5 Å². The van der Waals surface area contributed by atoms with Crippen LogP contribution in [0.4, 0.5) is 5.88 Å². The second-order valence-corrected chi connectivity index (χ2v) is 7.58. The fourth-order valence-electron chi connectivity index (χ4n) is 2.32. The third-order valence-corrected chi connectivity index (χ3v) is 5.04. The van der Waals surface area contributed by atoms with Gasteiger partial charge in [-0.2, -0.15) is 0 Å². The summed E-state index contributed by atoms with van der Waals surface area (Å²) in [6.07, 6.45) is 0. The van der Waals surface area contributed by atoms with Gasteiger partial charge in [0.2, 0.25) is 11.5 Å². The molecule has 140 valence electrons. The molecule has 0 aliphatic heterocycles. The lowest BCUT2D eigenvalue weighted by atomic mass is 10.1. The summed E-state index contributed by atoms with van der Waals surface area (Å²) in [6.45, 7) is 1.11. The van der Waals surface area contributed by atoms with Crippen molar-refractivity contribution in [1.82, 2.24) is 0 Å². The SMILES string of the molecule is CC(=O)Oc1c(NS(=O)(=O)c2ccccc2)oc(-c2cccc(Cl)c2)c1O. The van der Waals surface area contributed by atoms with E-state index in [9.17, 15) is 18.3 Å². The van der Waals surface area contributed by atoms with Crippen LogP contribution in [0, 0.1) is 0 Å². The van der Waals surface area contributed by atoms with Gasteiger partial charge in [0.15, 0.2) is 5.76 Å². The lowest BCUT2D eigenvalue weighted by molar-refractivity contribution is -0.131. The summed E-state index contributed by atoms with van der Waals surface area (Å²) in [5.74, 6) is -2.25. The number of hydrogen-bond donors (Lipinski definition) is 2. The van der Waals surface area contributed by atoms with Crippen molar-refractivity contribution in [3.05, 3.63) is 59.6 Å². The Kier molecular flexibility index (Phi) is 5.11. The number of benzene rings is 2. The van der Waals surface area contributed by atoms with Crippen molar-refractivity contribution in [2.75, 3.05) is 4.72 Å². The largest absolute Gasteiger partial charge is 0.502 e. The van der Waals surface area contributed by atoms with E-state index in [2.05, 4.69) is 4.72 Å². The molecule has 27 heavy (non-hydrogen) atoms. The van der Waals surface area contributed by atoms with Crippen LogP contribution in [0.3, 0.4) is 0 Å². The first-order chi connectivity index (χ1) is 12.8. The molecule has 1 heterocycles. The zero-order valence-electron chi connectivity index (χ0n) is 14.0. The van der Waals surface area contributed by atoms with E-state index in [0.717, 1.165) is 6.92 Å². The molecule has 0 saturated heterocycles. The summed E-state index contributed by atoms with van der Waals surface area (Å²) in [4.78, 5) is 11.4. The fraction of sp³-hybridized carbons (Fsp3) is 0.0556. The average Bonchev–Trinajstić information content (AvgIpc) is 2.91. The molecule has 0 spiro atoms. The summed E-state index contributed by atoms with van der Waals surface area (Å²) in [6, 6.07) is 13.9. The molecule has 0 amide bonds. The fourth-order valence-corrected chi connectivity index (χ4v) is 3.52. The highest BCUT2D eigenvalue weighted by Gasteiger charge is 2.28. The lowest BCUT2D eigenvalue weighted by Gasteiger charge is -2.07. The number of carbonyl (C=O) groups is 1. The molecule has 2 aromatic carbocycles. The highest BCUT2D eigenvalue weighted by molar-refractivity contribution is 7.92. The van der Waals surface area contributed by atoms with E-state index in [4.69, 9.17) is 20.8 Å². The minimum Gasteiger partial charge on any atom is -0.502 e.